The van der Waals surface area contributed by atoms with Crippen LogP contribution in [-0.2, 0) is 5.41 Å². The Morgan fingerprint density at radius 2 is 1.30 bits per heavy atom. The van der Waals surface area contributed by atoms with Crippen molar-refractivity contribution in [3.8, 4) is 11.1 Å². The van der Waals surface area contributed by atoms with Crippen LogP contribution in [0.4, 0.5) is 0 Å². The molecule has 0 heteroatoms. The van der Waals surface area contributed by atoms with Crippen LogP contribution in [-0.4, -0.2) is 0 Å². The molecule has 0 amide bonds. The van der Waals surface area contributed by atoms with Crippen LogP contribution in [0.5, 0.6) is 0 Å². The highest BCUT2D eigenvalue weighted by Crippen LogP contribution is 2.39. The number of benzene rings is 2. The summed E-state index contributed by atoms with van der Waals surface area (Å²) in [6.45, 7) is 7.01. The first-order chi connectivity index (χ1) is 9.71. The lowest BCUT2D eigenvalue weighted by molar-refractivity contribution is 0.393. The van der Waals surface area contributed by atoms with E-state index in [4.69, 9.17) is 0 Å². The smallest absolute Gasteiger partial charge is 0.00693 e. The molecule has 0 saturated heterocycles. The third-order valence-corrected chi connectivity index (χ3v) is 4.27. The van der Waals surface area contributed by atoms with Gasteiger partial charge in [0.2, 0.25) is 0 Å². The minimum atomic E-state index is 0.288. The molecule has 0 aliphatic heterocycles. The second-order valence-corrected chi connectivity index (χ2v) is 5.97. The van der Waals surface area contributed by atoms with E-state index in [9.17, 15) is 0 Å². The molecule has 0 radical (unpaired) electrons. The van der Waals surface area contributed by atoms with Gasteiger partial charge in [-0.25, -0.2) is 0 Å². The molecule has 0 nitrogen and oxygen atoms in total. The van der Waals surface area contributed by atoms with E-state index >= 15 is 0 Å². The SMILES string of the molecule is CCCC(C)(CCC)c1ccccc1-c1ccccc1. The lowest BCUT2D eigenvalue weighted by Gasteiger charge is -2.32. The van der Waals surface area contributed by atoms with Gasteiger partial charge in [0.1, 0.15) is 0 Å². The third-order valence-electron chi connectivity index (χ3n) is 4.27. The second-order valence-electron chi connectivity index (χ2n) is 5.97. The predicted octanol–water partition coefficient (Wildman–Crippen LogP) is 6.21. The molecule has 0 aromatic heterocycles. The summed E-state index contributed by atoms with van der Waals surface area (Å²) in [5, 5.41) is 0. The molecule has 0 heterocycles. The first-order valence-corrected chi connectivity index (χ1v) is 7.86. The van der Waals surface area contributed by atoms with E-state index in [0.717, 1.165) is 0 Å². The molecule has 0 spiro atoms. The van der Waals surface area contributed by atoms with Gasteiger partial charge in [-0.3, -0.25) is 0 Å². The van der Waals surface area contributed by atoms with Gasteiger partial charge in [-0.1, -0.05) is 88.2 Å². The summed E-state index contributed by atoms with van der Waals surface area (Å²) in [5.41, 5.74) is 4.53. The average Bonchev–Trinajstić information content (AvgIpc) is 2.49. The summed E-state index contributed by atoms with van der Waals surface area (Å²) >= 11 is 0. The summed E-state index contributed by atoms with van der Waals surface area (Å²) in [6.07, 6.45) is 4.98. The fourth-order valence-electron chi connectivity index (χ4n) is 3.38. The van der Waals surface area contributed by atoms with E-state index in [1.165, 1.54) is 42.4 Å². The quantitative estimate of drug-likeness (QED) is 0.583. The summed E-state index contributed by atoms with van der Waals surface area (Å²) in [4.78, 5) is 0. The highest BCUT2D eigenvalue weighted by Gasteiger charge is 2.27. The van der Waals surface area contributed by atoms with Crippen LogP contribution in [0.15, 0.2) is 54.6 Å². The molecule has 0 aliphatic rings. The Morgan fingerprint density at radius 3 is 1.90 bits per heavy atom. The van der Waals surface area contributed by atoms with Crippen molar-refractivity contribution in [1.29, 1.82) is 0 Å². The Hall–Kier alpha value is -1.56. The van der Waals surface area contributed by atoms with Crippen molar-refractivity contribution in [2.45, 2.75) is 51.9 Å². The Morgan fingerprint density at radius 1 is 0.750 bits per heavy atom. The Balaban J connectivity index is 2.51. The average molecular weight is 266 g/mol. The first-order valence-electron chi connectivity index (χ1n) is 7.86. The predicted molar refractivity (Wildman–Crippen MR) is 89.0 cm³/mol. The molecule has 2 rings (SSSR count). The van der Waals surface area contributed by atoms with E-state index in [1.807, 2.05) is 0 Å². The molecule has 0 saturated carbocycles. The highest BCUT2D eigenvalue weighted by molar-refractivity contribution is 5.68. The van der Waals surface area contributed by atoms with Gasteiger partial charge < -0.3 is 0 Å². The Labute approximate surface area is 123 Å². The number of hydrogen-bond acceptors (Lipinski definition) is 0. The van der Waals surface area contributed by atoms with Crippen molar-refractivity contribution in [3.63, 3.8) is 0 Å². The van der Waals surface area contributed by atoms with Gasteiger partial charge in [0.25, 0.3) is 0 Å². The Bertz CT molecular complexity index is 519. The second kappa shape index (κ2) is 6.74. The van der Waals surface area contributed by atoms with E-state index in [-0.39, 0.29) is 5.41 Å². The molecule has 0 unspecified atom stereocenters. The zero-order valence-electron chi connectivity index (χ0n) is 13.0. The molecule has 2 aromatic carbocycles. The molecule has 106 valence electrons. The maximum atomic E-state index is 2.43. The van der Waals surface area contributed by atoms with Crippen molar-refractivity contribution in [2.75, 3.05) is 0 Å². The molecular weight excluding hydrogens is 240 g/mol. The molecular formula is C20H26. The van der Waals surface area contributed by atoms with Crippen LogP contribution in [0.3, 0.4) is 0 Å². The lowest BCUT2D eigenvalue weighted by atomic mass is 9.72. The zero-order chi connectivity index (χ0) is 14.4. The van der Waals surface area contributed by atoms with Crippen molar-refractivity contribution in [3.05, 3.63) is 60.2 Å². The lowest BCUT2D eigenvalue weighted by Crippen LogP contribution is -2.22. The van der Waals surface area contributed by atoms with Gasteiger partial charge >= 0.3 is 0 Å². The van der Waals surface area contributed by atoms with E-state index in [0.29, 0.717) is 0 Å². The molecule has 20 heavy (non-hydrogen) atoms. The third kappa shape index (κ3) is 3.12. The van der Waals surface area contributed by atoms with Crippen molar-refractivity contribution in [2.24, 2.45) is 0 Å². The topological polar surface area (TPSA) is 0 Å². The number of rotatable bonds is 6. The summed E-state index contributed by atoms with van der Waals surface area (Å²) < 4.78 is 0. The maximum absolute atomic E-state index is 2.43. The van der Waals surface area contributed by atoms with Crippen molar-refractivity contribution < 1.29 is 0 Å². The normalized spacial score (nSPS) is 11.6. The van der Waals surface area contributed by atoms with E-state index in [1.54, 1.807) is 0 Å². The van der Waals surface area contributed by atoms with Gasteiger partial charge in [0.05, 0.1) is 0 Å². The molecule has 0 N–H and O–H groups in total. The highest BCUT2D eigenvalue weighted by atomic mass is 14.3. The van der Waals surface area contributed by atoms with E-state index < -0.39 is 0 Å². The van der Waals surface area contributed by atoms with E-state index in [2.05, 4.69) is 75.4 Å². The molecule has 0 aliphatic carbocycles. The first kappa shape index (κ1) is 14.8. The van der Waals surface area contributed by atoms with Crippen LogP contribution in [0.2, 0.25) is 0 Å². The van der Waals surface area contributed by atoms with Crippen LogP contribution >= 0.6 is 0 Å². The monoisotopic (exact) mass is 266 g/mol. The summed E-state index contributed by atoms with van der Waals surface area (Å²) in [6, 6.07) is 19.7. The minimum absolute atomic E-state index is 0.288. The standard InChI is InChI=1S/C20H26/c1-4-15-20(3,16-5-2)19-14-10-9-13-18(19)17-11-7-6-8-12-17/h6-14H,4-5,15-16H2,1-3H3. The minimum Gasteiger partial charge on any atom is -0.0654 e. The maximum Gasteiger partial charge on any atom is -0.00693 e. The van der Waals surface area contributed by atoms with Crippen molar-refractivity contribution in [1.82, 2.24) is 0 Å². The van der Waals surface area contributed by atoms with Crippen LogP contribution in [0, 0.1) is 0 Å². The fraction of sp³-hybridized carbons (Fsp3) is 0.400. The summed E-state index contributed by atoms with van der Waals surface area (Å²) in [5.74, 6) is 0. The van der Waals surface area contributed by atoms with Crippen LogP contribution < -0.4 is 0 Å². The Kier molecular flexibility index (Phi) is 5.00. The van der Waals surface area contributed by atoms with Crippen LogP contribution in [0.25, 0.3) is 11.1 Å². The fourth-order valence-corrected chi connectivity index (χ4v) is 3.38. The molecule has 0 atom stereocenters. The zero-order valence-corrected chi connectivity index (χ0v) is 13.0. The van der Waals surface area contributed by atoms with Gasteiger partial charge in [0.15, 0.2) is 0 Å². The van der Waals surface area contributed by atoms with Gasteiger partial charge in [-0.05, 0) is 34.9 Å². The summed E-state index contributed by atoms with van der Waals surface area (Å²) in [7, 11) is 0. The van der Waals surface area contributed by atoms with Crippen LogP contribution in [0.1, 0.15) is 52.0 Å². The van der Waals surface area contributed by atoms with Gasteiger partial charge in [-0.2, -0.15) is 0 Å². The molecule has 0 bridgehead atoms. The molecule has 0 fully saturated rings. The van der Waals surface area contributed by atoms with Crippen molar-refractivity contribution >= 4 is 0 Å². The largest absolute Gasteiger partial charge is 0.0654 e. The number of hydrogen-bond donors (Lipinski definition) is 0. The van der Waals surface area contributed by atoms with Gasteiger partial charge in [0, 0.05) is 0 Å². The molecule has 2 aromatic rings. The van der Waals surface area contributed by atoms with Gasteiger partial charge in [-0.15, -0.1) is 0 Å².